The first kappa shape index (κ1) is 19.2. The van der Waals surface area contributed by atoms with Crippen LogP contribution in [-0.2, 0) is 6.18 Å². The lowest BCUT2D eigenvalue weighted by atomic mass is 10.1. The monoisotopic (exact) mass is 388 g/mol. The second kappa shape index (κ2) is 7.55. The molecule has 1 aromatic carbocycles. The van der Waals surface area contributed by atoms with Gasteiger partial charge in [0.15, 0.2) is 5.69 Å². The predicted octanol–water partition coefficient (Wildman–Crippen LogP) is 3.52. The zero-order valence-corrected chi connectivity index (χ0v) is 14.5. The van der Waals surface area contributed by atoms with Crippen molar-refractivity contribution in [3.05, 3.63) is 78.4 Å². The average Bonchev–Trinajstić information content (AvgIpc) is 3.05. The Kier molecular flexibility index (Phi) is 5.16. The number of amides is 2. The Bertz CT molecular complexity index is 1060. The molecule has 0 bridgehead atoms. The Labute approximate surface area is 157 Å². The minimum Gasteiger partial charge on any atom is -0.346 e. The second-order valence-electron chi connectivity index (χ2n) is 5.74. The number of carbonyl (C=O) groups excluding carboxylic acids is 2. The van der Waals surface area contributed by atoms with Crippen LogP contribution in [0.1, 0.15) is 26.7 Å². The van der Waals surface area contributed by atoms with Crippen LogP contribution in [0.15, 0.2) is 61.3 Å². The Balaban J connectivity index is 2.00. The summed E-state index contributed by atoms with van der Waals surface area (Å²) in [6, 6.07) is 9.44. The van der Waals surface area contributed by atoms with Crippen LogP contribution in [0.2, 0.25) is 0 Å². The second-order valence-corrected chi connectivity index (χ2v) is 5.74. The number of aromatic nitrogens is 2. The third-order valence-electron chi connectivity index (χ3n) is 3.85. The van der Waals surface area contributed by atoms with Gasteiger partial charge in [-0.25, -0.2) is 4.98 Å². The van der Waals surface area contributed by atoms with Gasteiger partial charge in [0.2, 0.25) is 5.82 Å². The molecule has 2 amide bonds. The standard InChI is InChI=1S/C19H15F3N4O2/c1-2-10-23-18(28)16-25-15(14-9-5-6-11-26(14)16)17(27)24-13-8-4-3-7-12(13)19(20,21)22/h2-9,11H,1,10H2,(H,23,28)(H,24,27). The molecule has 0 saturated heterocycles. The number of anilines is 1. The van der Waals surface area contributed by atoms with E-state index in [2.05, 4.69) is 22.2 Å². The quantitative estimate of drug-likeness (QED) is 0.657. The van der Waals surface area contributed by atoms with Gasteiger partial charge in [-0.15, -0.1) is 6.58 Å². The van der Waals surface area contributed by atoms with Crippen molar-refractivity contribution in [2.24, 2.45) is 0 Å². The Morgan fingerprint density at radius 2 is 1.82 bits per heavy atom. The summed E-state index contributed by atoms with van der Waals surface area (Å²) < 4.78 is 40.8. The van der Waals surface area contributed by atoms with Gasteiger partial charge in [-0.2, -0.15) is 13.2 Å². The maximum absolute atomic E-state index is 13.2. The summed E-state index contributed by atoms with van der Waals surface area (Å²) in [5.41, 5.74) is -1.25. The fraction of sp³-hybridized carbons (Fsp3) is 0.105. The maximum Gasteiger partial charge on any atom is 0.418 e. The fourth-order valence-electron chi connectivity index (χ4n) is 2.63. The number of halogens is 3. The number of nitrogens with one attached hydrogen (secondary N) is 2. The molecule has 0 fully saturated rings. The first-order chi connectivity index (χ1) is 13.3. The molecule has 0 aliphatic heterocycles. The van der Waals surface area contributed by atoms with Crippen molar-refractivity contribution < 1.29 is 22.8 Å². The number of hydrogen-bond acceptors (Lipinski definition) is 3. The highest BCUT2D eigenvalue weighted by atomic mass is 19.4. The van der Waals surface area contributed by atoms with Crippen molar-refractivity contribution in [1.29, 1.82) is 0 Å². The van der Waals surface area contributed by atoms with Gasteiger partial charge in [-0.3, -0.25) is 14.0 Å². The Morgan fingerprint density at radius 1 is 1.11 bits per heavy atom. The van der Waals surface area contributed by atoms with Gasteiger partial charge < -0.3 is 10.6 Å². The molecule has 0 atom stereocenters. The van der Waals surface area contributed by atoms with Crippen molar-refractivity contribution in [2.45, 2.75) is 6.18 Å². The zero-order valence-electron chi connectivity index (χ0n) is 14.5. The summed E-state index contributed by atoms with van der Waals surface area (Å²) in [6.07, 6.45) is -1.61. The number of rotatable bonds is 5. The SMILES string of the molecule is C=CCNC(=O)c1nc(C(=O)Nc2ccccc2C(F)(F)F)c2ccccn12. The van der Waals surface area contributed by atoms with Crippen LogP contribution in [0.5, 0.6) is 0 Å². The van der Waals surface area contributed by atoms with Crippen molar-refractivity contribution in [3.63, 3.8) is 0 Å². The molecular weight excluding hydrogens is 373 g/mol. The van der Waals surface area contributed by atoms with Gasteiger partial charge in [0.05, 0.1) is 16.8 Å². The molecule has 28 heavy (non-hydrogen) atoms. The van der Waals surface area contributed by atoms with Crippen molar-refractivity contribution in [3.8, 4) is 0 Å². The highest BCUT2D eigenvalue weighted by Crippen LogP contribution is 2.34. The summed E-state index contributed by atoms with van der Waals surface area (Å²) in [5.74, 6) is -1.47. The largest absolute Gasteiger partial charge is 0.418 e. The highest BCUT2D eigenvalue weighted by Gasteiger charge is 2.34. The molecule has 6 nitrogen and oxygen atoms in total. The molecule has 2 N–H and O–H groups in total. The van der Waals surface area contributed by atoms with Gasteiger partial charge in [0.1, 0.15) is 0 Å². The average molecular weight is 388 g/mol. The van der Waals surface area contributed by atoms with E-state index in [1.807, 2.05) is 0 Å². The van der Waals surface area contributed by atoms with E-state index >= 15 is 0 Å². The van der Waals surface area contributed by atoms with Crippen molar-refractivity contribution >= 4 is 23.0 Å². The number of imidazole rings is 1. The van der Waals surface area contributed by atoms with Crippen LogP contribution in [0, 0.1) is 0 Å². The molecule has 0 radical (unpaired) electrons. The van der Waals surface area contributed by atoms with Gasteiger partial charge in [-0.1, -0.05) is 24.3 Å². The number of hydrogen-bond donors (Lipinski definition) is 2. The normalized spacial score (nSPS) is 11.2. The minimum atomic E-state index is -4.63. The zero-order chi connectivity index (χ0) is 20.3. The number of para-hydroxylation sites is 1. The van der Waals surface area contributed by atoms with E-state index in [0.29, 0.717) is 0 Å². The lowest BCUT2D eigenvalue weighted by Crippen LogP contribution is -2.25. The van der Waals surface area contributed by atoms with Crippen LogP contribution in [-0.4, -0.2) is 27.7 Å². The van der Waals surface area contributed by atoms with Crippen molar-refractivity contribution in [2.75, 3.05) is 11.9 Å². The first-order valence-corrected chi connectivity index (χ1v) is 8.16. The van der Waals surface area contributed by atoms with E-state index in [1.54, 1.807) is 18.2 Å². The lowest BCUT2D eigenvalue weighted by molar-refractivity contribution is -0.136. The van der Waals surface area contributed by atoms with Crippen LogP contribution < -0.4 is 10.6 Å². The van der Waals surface area contributed by atoms with Gasteiger partial charge in [0, 0.05) is 12.7 Å². The van der Waals surface area contributed by atoms with Crippen LogP contribution >= 0.6 is 0 Å². The lowest BCUT2D eigenvalue weighted by Gasteiger charge is -2.12. The Morgan fingerprint density at radius 3 is 2.54 bits per heavy atom. The van der Waals surface area contributed by atoms with Gasteiger partial charge in [0.25, 0.3) is 11.8 Å². The molecule has 0 aliphatic rings. The summed E-state index contributed by atoms with van der Waals surface area (Å²) in [7, 11) is 0. The number of fused-ring (bicyclic) bond motifs is 1. The van der Waals surface area contributed by atoms with Gasteiger partial charge in [-0.05, 0) is 24.3 Å². The van der Waals surface area contributed by atoms with Crippen molar-refractivity contribution in [1.82, 2.24) is 14.7 Å². The summed E-state index contributed by atoms with van der Waals surface area (Å²) in [6.45, 7) is 3.69. The molecule has 144 valence electrons. The van der Waals surface area contributed by atoms with Gasteiger partial charge >= 0.3 is 6.18 Å². The summed E-state index contributed by atoms with van der Waals surface area (Å²) in [5, 5.41) is 4.79. The molecular formula is C19H15F3N4O2. The fourth-order valence-corrected chi connectivity index (χ4v) is 2.63. The predicted molar refractivity (Wildman–Crippen MR) is 97.1 cm³/mol. The maximum atomic E-state index is 13.2. The molecule has 0 aliphatic carbocycles. The van der Waals surface area contributed by atoms with E-state index in [4.69, 9.17) is 0 Å². The minimum absolute atomic E-state index is 0.0632. The third kappa shape index (κ3) is 3.73. The molecule has 0 unspecified atom stereocenters. The van der Waals surface area contributed by atoms with Crippen LogP contribution in [0.3, 0.4) is 0 Å². The van der Waals surface area contributed by atoms with E-state index in [-0.39, 0.29) is 23.6 Å². The summed E-state index contributed by atoms with van der Waals surface area (Å²) in [4.78, 5) is 29.0. The molecule has 2 heterocycles. The topological polar surface area (TPSA) is 75.5 Å². The van der Waals surface area contributed by atoms with E-state index in [9.17, 15) is 22.8 Å². The first-order valence-electron chi connectivity index (χ1n) is 8.16. The van der Waals surface area contributed by atoms with E-state index < -0.39 is 29.2 Å². The third-order valence-corrected chi connectivity index (χ3v) is 3.85. The number of alkyl halides is 3. The Hall–Kier alpha value is -3.62. The molecule has 0 saturated carbocycles. The number of nitrogens with zero attached hydrogens (tertiary/aromatic N) is 2. The molecule has 2 aromatic heterocycles. The van der Waals surface area contributed by atoms with Crippen LogP contribution in [0.25, 0.3) is 5.52 Å². The molecule has 3 aromatic rings. The number of pyridine rings is 1. The molecule has 9 heteroatoms. The smallest absolute Gasteiger partial charge is 0.346 e. The molecule has 3 rings (SSSR count). The molecule has 0 spiro atoms. The number of benzene rings is 1. The number of carbonyl (C=O) groups is 2. The van der Waals surface area contributed by atoms with E-state index in [1.165, 1.54) is 28.8 Å². The van der Waals surface area contributed by atoms with E-state index in [0.717, 1.165) is 12.1 Å². The summed E-state index contributed by atoms with van der Waals surface area (Å²) >= 11 is 0. The highest BCUT2D eigenvalue weighted by molar-refractivity contribution is 6.09. The van der Waals surface area contributed by atoms with Crippen LogP contribution in [0.4, 0.5) is 18.9 Å².